The summed E-state index contributed by atoms with van der Waals surface area (Å²) in [4.78, 5) is 4.19. The van der Waals surface area contributed by atoms with Gasteiger partial charge in [-0.15, -0.1) is 11.6 Å². The van der Waals surface area contributed by atoms with Crippen molar-refractivity contribution < 1.29 is 13.9 Å². The highest BCUT2D eigenvalue weighted by atomic mass is 35.5. The molecule has 0 fully saturated rings. The van der Waals surface area contributed by atoms with E-state index in [2.05, 4.69) is 4.98 Å². The summed E-state index contributed by atoms with van der Waals surface area (Å²) in [6.07, 6.45) is 3.24. The minimum atomic E-state index is 0.501. The van der Waals surface area contributed by atoms with Crippen LogP contribution >= 0.6 is 11.6 Å². The molecule has 0 N–H and O–H groups in total. The number of halogens is 1. The molecule has 1 aliphatic heterocycles. The minimum Gasteiger partial charge on any atom is -0.490 e. The van der Waals surface area contributed by atoms with Crippen LogP contribution < -0.4 is 9.47 Å². The molecular weight excluding hydrogens is 266 g/mol. The van der Waals surface area contributed by atoms with Gasteiger partial charge in [0.1, 0.15) is 0 Å². The largest absolute Gasteiger partial charge is 0.490 e. The molecule has 0 bridgehead atoms. The zero-order chi connectivity index (χ0) is 13.1. The standard InChI is InChI=1S/C14H14ClNO3/c15-5-4-14-16-9-13(19-14)10-2-3-11-12(8-10)18-7-1-6-17-11/h2-3,8-9H,1,4-7H2. The summed E-state index contributed by atoms with van der Waals surface area (Å²) >= 11 is 5.67. The fraction of sp³-hybridized carbons (Fsp3) is 0.357. The van der Waals surface area contributed by atoms with E-state index in [0.29, 0.717) is 31.4 Å². The molecule has 0 aliphatic carbocycles. The van der Waals surface area contributed by atoms with Crippen molar-refractivity contribution in [2.45, 2.75) is 12.8 Å². The lowest BCUT2D eigenvalue weighted by Crippen LogP contribution is -1.97. The summed E-state index contributed by atoms with van der Waals surface area (Å²) in [5.74, 6) is 3.40. The van der Waals surface area contributed by atoms with Crippen LogP contribution in [0.15, 0.2) is 28.8 Å². The van der Waals surface area contributed by atoms with Gasteiger partial charge in [-0.25, -0.2) is 4.98 Å². The lowest BCUT2D eigenvalue weighted by Gasteiger charge is -2.07. The van der Waals surface area contributed by atoms with Gasteiger partial charge in [-0.2, -0.15) is 0 Å². The lowest BCUT2D eigenvalue weighted by atomic mass is 10.1. The lowest BCUT2D eigenvalue weighted by molar-refractivity contribution is 0.297. The van der Waals surface area contributed by atoms with Crippen molar-refractivity contribution in [2.24, 2.45) is 0 Å². The highest BCUT2D eigenvalue weighted by Gasteiger charge is 2.13. The van der Waals surface area contributed by atoms with Gasteiger partial charge in [-0.1, -0.05) is 0 Å². The van der Waals surface area contributed by atoms with E-state index in [1.807, 2.05) is 18.2 Å². The van der Waals surface area contributed by atoms with Gasteiger partial charge in [-0.05, 0) is 18.2 Å². The molecule has 0 unspecified atom stereocenters. The molecule has 0 saturated heterocycles. The molecule has 4 nitrogen and oxygen atoms in total. The van der Waals surface area contributed by atoms with E-state index < -0.39 is 0 Å². The number of aromatic nitrogens is 1. The molecule has 2 aromatic rings. The van der Waals surface area contributed by atoms with Crippen LogP contribution in [0.25, 0.3) is 11.3 Å². The third-order valence-electron chi connectivity index (χ3n) is 2.89. The zero-order valence-corrected chi connectivity index (χ0v) is 11.2. The van der Waals surface area contributed by atoms with E-state index in [4.69, 9.17) is 25.5 Å². The predicted octanol–water partition coefficient (Wildman–Crippen LogP) is 3.28. The van der Waals surface area contributed by atoms with E-state index in [-0.39, 0.29) is 0 Å². The molecule has 19 heavy (non-hydrogen) atoms. The van der Waals surface area contributed by atoms with Gasteiger partial charge in [0.15, 0.2) is 23.1 Å². The average molecular weight is 280 g/mol. The highest BCUT2D eigenvalue weighted by molar-refractivity contribution is 6.17. The third-order valence-corrected chi connectivity index (χ3v) is 3.08. The third kappa shape index (κ3) is 2.68. The monoisotopic (exact) mass is 279 g/mol. The van der Waals surface area contributed by atoms with Gasteiger partial charge in [-0.3, -0.25) is 0 Å². The average Bonchev–Trinajstić information content (AvgIpc) is 2.76. The maximum absolute atomic E-state index is 5.67. The molecule has 100 valence electrons. The first-order valence-corrected chi connectivity index (χ1v) is 6.81. The van der Waals surface area contributed by atoms with Crippen molar-refractivity contribution in [1.82, 2.24) is 4.98 Å². The first-order valence-electron chi connectivity index (χ1n) is 6.27. The number of nitrogens with zero attached hydrogens (tertiary/aromatic N) is 1. The van der Waals surface area contributed by atoms with E-state index in [1.54, 1.807) is 6.20 Å². The van der Waals surface area contributed by atoms with Gasteiger partial charge < -0.3 is 13.9 Å². The van der Waals surface area contributed by atoms with Gasteiger partial charge in [0.05, 0.1) is 19.4 Å². The highest BCUT2D eigenvalue weighted by Crippen LogP contribution is 2.34. The summed E-state index contributed by atoms with van der Waals surface area (Å²) in [7, 11) is 0. The van der Waals surface area contributed by atoms with Crippen molar-refractivity contribution in [3.8, 4) is 22.8 Å². The van der Waals surface area contributed by atoms with Crippen LogP contribution in [0.5, 0.6) is 11.5 Å². The van der Waals surface area contributed by atoms with Crippen LogP contribution in [-0.2, 0) is 6.42 Å². The predicted molar refractivity (Wildman–Crippen MR) is 72.0 cm³/mol. The minimum absolute atomic E-state index is 0.501. The number of alkyl halides is 1. The number of aryl methyl sites for hydroxylation is 1. The summed E-state index contributed by atoms with van der Waals surface area (Å²) in [5, 5.41) is 0. The Kier molecular flexibility index (Phi) is 3.60. The van der Waals surface area contributed by atoms with Crippen LogP contribution in [0.2, 0.25) is 0 Å². The maximum atomic E-state index is 5.67. The van der Waals surface area contributed by atoms with Gasteiger partial charge in [0.25, 0.3) is 0 Å². The molecule has 0 amide bonds. The Morgan fingerprint density at radius 1 is 1.16 bits per heavy atom. The number of fused-ring (bicyclic) bond motifs is 1. The van der Waals surface area contributed by atoms with Crippen LogP contribution in [0, 0.1) is 0 Å². The quantitative estimate of drug-likeness (QED) is 0.809. The molecule has 1 aromatic carbocycles. The second-order valence-corrected chi connectivity index (χ2v) is 4.65. The van der Waals surface area contributed by atoms with Crippen molar-refractivity contribution in [1.29, 1.82) is 0 Å². The maximum Gasteiger partial charge on any atom is 0.196 e. The number of hydrogen-bond donors (Lipinski definition) is 0. The summed E-state index contributed by atoms with van der Waals surface area (Å²) < 4.78 is 16.9. The number of oxazole rings is 1. The second-order valence-electron chi connectivity index (χ2n) is 4.27. The van der Waals surface area contributed by atoms with Crippen molar-refractivity contribution in [3.63, 3.8) is 0 Å². The molecule has 0 atom stereocenters. The number of rotatable bonds is 3. The molecular formula is C14H14ClNO3. The fourth-order valence-corrected chi connectivity index (χ4v) is 2.12. The van der Waals surface area contributed by atoms with Crippen LogP contribution in [0.4, 0.5) is 0 Å². The summed E-state index contributed by atoms with van der Waals surface area (Å²) in [5.41, 5.74) is 0.928. The number of benzene rings is 1. The Morgan fingerprint density at radius 2 is 2.00 bits per heavy atom. The molecule has 0 radical (unpaired) electrons. The van der Waals surface area contributed by atoms with Crippen molar-refractivity contribution in [3.05, 3.63) is 30.3 Å². The smallest absolute Gasteiger partial charge is 0.196 e. The van der Waals surface area contributed by atoms with Gasteiger partial charge >= 0.3 is 0 Å². The zero-order valence-electron chi connectivity index (χ0n) is 10.4. The Balaban J connectivity index is 1.89. The van der Waals surface area contributed by atoms with Gasteiger partial charge in [0.2, 0.25) is 0 Å². The molecule has 0 spiro atoms. The Bertz CT molecular complexity index is 568. The van der Waals surface area contributed by atoms with E-state index >= 15 is 0 Å². The molecule has 0 saturated carbocycles. The Labute approximate surface area is 116 Å². The van der Waals surface area contributed by atoms with Crippen LogP contribution in [0.3, 0.4) is 0 Å². The number of ether oxygens (including phenoxy) is 2. The SMILES string of the molecule is ClCCc1ncc(-c2ccc3c(c2)OCCCO3)o1. The van der Waals surface area contributed by atoms with E-state index in [9.17, 15) is 0 Å². The molecule has 1 aliphatic rings. The first kappa shape index (κ1) is 12.4. The Hall–Kier alpha value is -1.68. The van der Waals surface area contributed by atoms with Gasteiger partial charge in [0, 0.05) is 24.3 Å². The first-order chi connectivity index (χ1) is 9.36. The molecule has 3 rings (SSSR count). The van der Waals surface area contributed by atoms with Crippen LogP contribution in [0.1, 0.15) is 12.3 Å². The molecule has 1 aromatic heterocycles. The fourth-order valence-electron chi connectivity index (χ4n) is 1.96. The van der Waals surface area contributed by atoms with Crippen molar-refractivity contribution in [2.75, 3.05) is 19.1 Å². The van der Waals surface area contributed by atoms with Crippen molar-refractivity contribution >= 4 is 11.6 Å². The second kappa shape index (κ2) is 5.53. The molecule has 2 heterocycles. The van der Waals surface area contributed by atoms with E-state index in [1.165, 1.54) is 0 Å². The number of hydrogen-bond acceptors (Lipinski definition) is 4. The topological polar surface area (TPSA) is 44.5 Å². The molecule has 5 heteroatoms. The van der Waals surface area contributed by atoms with E-state index in [0.717, 1.165) is 29.2 Å². The Morgan fingerprint density at radius 3 is 2.84 bits per heavy atom. The summed E-state index contributed by atoms with van der Waals surface area (Å²) in [6.45, 7) is 1.36. The summed E-state index contributed by atoms with van der Waals surface area (Å²) in [6, 6.07) is 5.77. The van der Waals surface area contributed by atoms with Crippen LogP contribution in [-0.4, -0.2) is 24.1 Å². The normalized spacial score (nSPS) is 14.2.